The van der Waals surface area contributed by atoms with Gasteiger partial charge in [0.05, 0.1) is 12.5 Å². The number of alkyl carbamates (subject to hydrolysis) is 1. The van der Waals surface area contributed by atoms with Crippen LogP contribution in [0.4, 0.5) is 4.79 Å². The van der Waals surface area contributed by atoms with E-state index < -0.39 is 17.7 Å². The van der Waals surface area contributed by atoms with Crippen LogP contribution in [0, 0.1) is 0 Å². The van der Waals surface area contributed by atoms with E-state index in [1.54, 1.807) is 11.3 Å². The van der Waals surface area contributed by atoms with Crippen molar-refractivity contribution in [2.75, 3.05) is 0 Å². The minimum atomic E-state index is -0.821. The van der Waals surface area contributed by atoms with Gasteiger partial charge in [-0.15, -0.1) is 11.3 Å². The Morgan fingerprint density at radius 1 is 1.39 bits per heavy atom. The molecule has 1 heterocycles. The third-order valence-corrected chi connectivity index (χ3v) is 4.55. The van der Waals surface area contributed by atoms with E-state index in [0.717, 1.165) is 17.7 Å². The summed E-state index contributed by atoms with van der Waals surface area (Å²) in [4.78, 5) is 23.7. The molecule has 1 aromatic rings. The average molecular weight is 340 g/mol. The zero-order valence-electron chi connectivity index (χ0n) is 13.7. The minimum absolute atomic E-state index is 0.0567. The second-order valence-electron chi connectivity index (χ2n) is 6.84. The summed E-state index contributed by atoms with van der Waals surface area (Å²) in [7, 11) is 0. The molecule has 0 aliphatic heterocycles. The molecule has 1 aromatic heterocycles. The van der Waals surface area contributed by atoms with E-state index in [0.29, 0.717) is 0 Å². The molecule has 7 heteroatoms. The second kappa shape index (κ2) is 7.31. The summed E-state index contributed by atoms with van der Waals surface area (Å²) in [6.07, 6.45) is 1.21. The average Bonchev–Trinajstić information content (AvgIpc) is 2.85. The molecule has 0 spiro atoms. The zero-order valence-corrected chi connectivity index (χ0v) is 14.5. The molecule has 1 unspecified atom stereocenters. The standard InChI is InChI=1S/C16H24N2O4S/c1-16(2,3)22-15(21)18-11-7-10(8-11)17-12(9-14(19)20)13-5-4-6-23-13/h4-6,10-12,17H,7-9H2,1-3H3,(H,18,21)(H,19,20). The van der Waals surface area contributed by atoms with Gasteiger partial charge in [-0.1, -0.05) is 6.07 Å². The molecule has 1 aliphatic carbocycles. The van der Waals surface area contributed by atoms with E-state index in [2.05, 4.69) is 10.6 Å². The number of carboxylic acid groups (broad SMARTS) is 1. The van der Waals surface area contributed by atoms with Crippen LogP contribution in [0.3, 0.4) is 0 Å². The fourth-order valence-electron chi connectivity index (χ4n) is 2.54. The summed E-state index contributed by atoms with van der Waals surface area (Å²) in [5, 5.41) is 17.2. The highest BCUT2D eigenvalue weighted by molar-refractivity contribution is 7.10. The first-order valence-electron chi connectivity index (χ1n) is 7.73. The van der Waals surface area contributed by atoms with Gasteiger partial charge in [0.1, 0.15) is 5.60 Å². The van der Waals surface area contributed by atoms with Crippen molar-refractivity contribution in [2.24, 2.45) is 0 Å². The first-order chi connectivity index (χ1) is 10.7. The lowest BCUT2D eigenvalue weighted by atomic mass is 9.86. The van der Waals surface area contributed by atoms with Gasteiger partial charge in [0, 0.05) is 17.0 Å². The molecule has 1 saturated carbocycles. The number of aliphatic carboxylic acids is 1. The van der Waals surface area contributed by atoms with Crippen LogP contribution in [0.2, 0.25) is 0 Å². The first-order valence-corrected chi connectivity index (χ1v) is 8.61. The largest absolute Gasteiger partial charge is 0.481 e. The van der Waals surface area contributed by atoms with Gasteiger partial charge in [-0.25, -0.2) is 4.79 Å². The Morgan fingerprint density at radius 2 is 2.09 bits per heavy atom. The number of ether oxygens (including phenoxy) is 1. The van der Waals surface area contributed by atoms with E-state index in [-0.39, 0.29) is 24.5 Å². The molecule has 2 rings (SSSR count). The quantitative estimate of drug-likeness (QED) is 0.741. The normalized spacial score (nSPS) is 22.0. The molecule has 0 aromatic carbocycles. The molecule has 23 heavy (non-hydrogen) atoms. The van der Waals surface area contributed by atoms with Crippen LogP contribution in [-0.2, 0) is 9.53 Å². The van der Waals surface area contributed by atoms with Crippen molar-refractivity contribution in [1.29, 1.82) is 0 Å². The van der Waals surface area contributed by atoms with Crippen LogP contribution < -0.4 is 10.6 Å². The monoisotopic (exact) mass is 340 g/mol. The van der Waals surface area contributed by atoms with Crippen LogP contribution in [-0.4, -0.2) is 34.9 Å². The van der Waals surface area contributed by atoms with Crippen molar-refractivity contribution in [2.45, 2.75) is 63.8 Å². The third-order valence-electron chi connectivity index (χ3n) is 3.56. The zero-order chi connectivity index (χ0) is 17.0. The predicted molar refractivity (Wildman–Crippen MR) is 88.6 cm³/mol. The lowest BCUT2D eigenvalue weighted by Crippen LogP contribution is -2.53. The van der Waals surface area contributed by atoms with Crippen molar-refractivity contribution in [1.82, 2.24) is 10.6 Å². The van der Waals surface area contributed by atoms with Gasteiger partial charge in [0.2, 0.25) is 0 Å². The Morgan fingerprint density at radius 3 is 2.61 bits per heavy atom. The number of rotatable bonds is 6. The van der Waals surface area contributed by atoms with Gasteiger partial charge in [-0.2, -0.15) is 0 Å². The van der Waals surface area contributed by atoms with E-state index >= 15 is 0 Å². The predicted octanol–water partition coefficient (Wildman–Crippen LogP) is 2.91. The number of amides is 1. The highest BCUT2D eigenvalue weighted by Crippen LogP contribution is 2.28. The SMILES string of the molecule is CC(C)(C)OC(=O)NC1CC(NC(CC(=O)O)c2cccs2)C1. The highest BCUT2D eigenvalue weighted by Gasteiger charge is 2.33. The Kier molecular flexibility index (Phi) is 5.64. The van der Waals surface area contributed by atoms with E-state index in [1.165, 1.54) is 0 Å². The van der Waals surface area contributed by atoms with Crippen molar-refractivity contribution in [3.8, 4) is 0 Å². The number of carboxylic acids is 1. The van der Waals surface area contributed by atoms with Crippen molar-refractivity contribution in [3.63, 3.8) is 0 Å². The number of hydrogen-bond acceptors (Lipinski definition) is 5. The topological polar surface area (TPSA) is 87.7 Å². The molecule has 3 N–H and O–H groups in total. The van der Waals surface area contributed by atoms with Crippen LogP contribution in [0.5, 0.6) is 0 Å². The molecule has 0 radical (unpaired) electrons. The summed E-state index contributed by atoms with van der Waals surface area (Å²) >= 11 is 1.55. The summed E-state index contributed by atoms with van der Waals surface area (Å²) < 4.78 is 5.23. The fourth-order valence-corrected chi connectivity index (χ4v) is 3.32. The molecule has 1 amide bonds. The van der Waals surface area contributed by atoms with Crippen molar-refractivity contribution < 1.29 is 19.4 Å². The van der Waals surface area contributed by atoms with Gasteiger partial charge in [-0.3, -0.25) is 4.79 Å². The fraction of sp³-hybridized carbons (Fsp3) is 0.625. The molecule has 0 saturated heterocycles. The lowest BCUT2D eigenvalue weighted by Gasteiger charge is -2.38. The van der Waals surface area contributed by atoms with Crippen molar-refractivity contribution in [3.05, 3.63) is 22.4 Å². The summed E-state index contributed by atoms with van der Waals surface area (Å²) in [6, 6.07) is 3.97. The number of carbonyl (C=O) groups is 2. The minimum Gasteiger partial charge on any atom is -0.481 e. The van der Waals surface area contributed by atoms with Crippen LogP contribution in [0.15, 0.2) is 17.5 Å². The van der Waals surface area contributed by atoms with Gasteiger partial charge in [0.25, 0.3) is 0 Å². The first kappa shape index (κ1) is 17.7. The highest BCUT2D eigenvalue weighted by atomic mass is 32.1. The van der Waals surface area contributed by atoms with E-state index in [4.69, 9.17) is 9.84 Å². The van der Waals surface area contributed by atoms with Gasteiger partial charge < -0.3 is 20.5 Å². The van der Waals surface area contributed by atoms with E-state index in [9.17, 15) is 9.59 Å². The van der Waals surface area contributed by atoms with Gasteiger partial charge in [-0.05, 0) is 45.1 Å². The smallest absolute Gasteiger partial charge is 0.407 e. The van der Waals surface area contributed by atoms with Gasteiger partial charge >= 0.3 is 12.1 Å². The molecule has 1 atom stereocenters. The second-order valence-corrected chi connectivity index (χ2v) is 7.82. The molecule has 1 aliphatic rings. The summed E-state index contributed by atoms with van der Waals surface area (Å²) in [5.74, 6) is -0.821. The number of carbonyl (C=O) groups excluding carboxylic acids is 1. The van der Waals surface area contributed by atoms with Gasteiger partial charge in [0.15, 0.2) is 0 Å². The number of nitrogens with one attached hydrogen (secondary N) is 2. The molecular weight excluding hydrogens is 316 g/mol. The summed E-state index contributed by atoms with van der Waals surface area (Å²) in [5.41, 5.74) is -0.503. The maximum absolute atomic E-state index is 11.7. The Labute approximate surface area is 140 Å². The molecule has 0 bridgehead atoms. The number of thiophene rings is 1. The molecule has 6 nitrogen and oxygen atoms in total. The van der Waals surface area contributed by atoms with Crippen LogP contribution >= 0.6 is 11.3 Å². The van der Waals surface area contributed by atoms with Crippen molar-refractivity contribution >= 4 is 23.4 Å². The lowest BCUT2D eigenvalue weighted by molar-refractivity contribution is -0.137. The Hall–Kier alpha value is -1.60. The number of hydrogen-bond donors (Lipinski definition) is 3. The Balaban J connectivity index is 1.77. The van der Waals surface area contributed by atoms with Crippen LogP contribution in [0.25, 0.3) is 0 Å². The maximum atomic E-state index is 11.7. The molecule has 1 fully saturated rings. The van der Waals surface area contributed by atoms with E-state index in [1.807, 2.05) is 38.3 Å². The third kappa shape index (κ3) is 5.84. The maximum Gasteiger partial charge on any atom is 0.407 e. The van der Waals surface area contributed by atoms with Crippen LogP contribution in [0.1, 0.15) is 51.0 Å². The molecular formula is C16H24N2O4S. The Bertz CT molecular complexity index is 533. The summed E-state index contributed by atoms with van der Waals surface area (Å²) in [6.45, 7) is 5.49. The molecule has 128 valence electrons.